The van der Waals surface area contributed by atoms with Gasteiger partial charge in [-0.15, -0.1) is 0 Å². The zero-order chi connectivity index (χ0) is 14.8. The first kappa shape index (κ1) is 14.0. The standard InChI is InChI=1S/C12H17N5O4/c1-13-12-15-10-9(11(19)16-12)14-5-17(10)8-3-2-7(21-8)4-20-6-18/h5,7-8,18H,2-4,6H2,1H3,(H2,13,15,16,19). The van der Waals surface area contributed by atoms with Crippen LogP contribution in [0.4, 0.5) is 5.95 Å². The third kappa shape index (κ3) is 2.62. The molecule has 0 spiro atoms. The Morgan fingerprint density at radius 1 is 1.62 bits per heavy atom. The molecule has 114 valence electrons. The van der Waals surface area contributed by atoms with Crippen LogP contribution in [0.1, 0.15) is 19.1 Å². The molecular weight excluding hydrogens is 278 g/mol. The summed E-state index contributed by atoms with van der Waals surface area (Å²) in [6.45, 7) is 0.0242. The molecule has 2 atom stereocenters. The maximum Gasteiger partial charge on any atom is 0.280 e. The highest BCUT2D eigenvalue weighted by Crippen LogP contribution is 2.30. The molecular formula is C12H17N5O4. The Balaban J connectivity index is 1.88. The number of aliphatic hydroxyl groups excluding tert-OH is 1. The van der Waals surface area contributed by atoms with Gasteiger partial charge in [-0.1, -0.05) is 0 Å². The van der Waals surface area contributed by atoms with Crippen molar-refractivity contribution in [3.8, 4) is 0 Å². The molecule has 0 bridgehead atoms. The fraction of sp³-hybridized carbons (Fsp3) is 0.583. The first-order chi connectivity index (χ1) is 10.2. The van der Waals surface area contributed by atoms with Crippen LogP contribution in [-0.2, 0) is 9.47 Å². The van der Waals surface area contributed by atoms with E-state index in [4.69, 9.17) is 14.6 Å². The Hall–Kier alpha value is -1.97. The molecule has 1 aliphatic heterocycles. The Morgan fingerprint density at radius 3 is 3.24 bits per heavy atom. The van der Waals surface area contributed by atoms with Gasteiger partial charge in [0, 0.05) is 7.05 Å². The lowest BCUT2D eigenvalue weighted by molar-refractivity contribution is -0.0746. The van der Waals surface area contributed by atoms with Crippen molar-refractivity contribution in [2.24, 2.45) is 0 Å². The quantitative estimate of drug-likeness (QED) is 0.655. The van der Waals surface area contributed by atoms with Crippen LogP contribution in [0.25, 0.3) is 11.2 Å². The molecule has 3 heterocycles. The lowest BCUT2D eigenvalue weighted by Crippen LogP contribution is -2.17. The molecule has 2 aromatic rings. The highest BCUT2D eigenvalue weighted by atomic mass is 16.6. The smallest absolute Gasteiger partial charge is 0.280 e. The number of H-pyrrole nitrogens is 1. The molecule has 3 N–H and O–H groups in total. The number of nitrogens with zero attached hydrogens (tertiary/aromatic N) is 3. The van der Waals surface area contributed by atoms with Gasteiger partial charge in [-0.3, -0.25) is 14.3 Å². The van der Waals surface area contributed by atoms with Gasteiger partial charge >= 0.3 is 0 Å². The van der Waals surface area contributed by atoms with Crippen molar-refractivity contribution in [1.82, 2.24) is 19.5 Å². The number of nitrogens with one attached hydrogen (secondary N) is 2. The molecule has 9 heteroatoms. The third-order valence-corrected chi connectivity index (χ3v) is 3.46. The van der Waals surface area contributed by atoms with Crippen LogP contribution in [-0.4, -0.2) is 51.2 Å². The summed E-state index contributed by atoms with van der Waals surface area (Å²) in [7, 11) is 1.68. The van der Waals surface area contributed by atoms with Crippen LogP contribution in [0, 0.1) is 0 Å². The summed E-state index contributed by atoms with van der Waals surface area (Å²) in [4.78, 5) is 22.9. The second-order valence-corrected chi connectivity index (χ2v) is 4.78. The number of hydrogen-bond acceptors (Lipinski definition) is 7. The van der Waals surface area contributed by atoms with E-state index < -0.39 is 0 Å². The van der Waals surface area contributed by atoms with E-state index in [0.717, 1.165) is 12.8 Å². The summed E-state index contributed by atoms with van der Waals surface area (Å²) in [6, 6.07) is 0. The van der Waals surface area contributed by atoms with Gasteiger partial charge in [-0.05, 0) is 12.8 Å². The zero-order valence-electron chi connectivity index (χ0n) is 11.6. The largest absolute Gasteiger partial charge is 0.371 e. The number of fused-ring (bicyclic) bond motifs is 1. The van der Waals surface area contributed by atoms with Crippen molar-refractivity contribution in [3.63, 3.8) is 0 Å². The Bertz CT molecular complexity index is 682. The van der Waals surface area contributed by atoms with Gasteiger partial charge in [0.25, 0.3) is 5.56 Å². The van der Waals surface area contributed by atoms with Gasteiger partial charge in [0.2, 0.25) is 5.95 Å². The minimum absolute atomic E-state index is 0.0784. The van der Waals surface area contributed by atoms with Crippen molar-refractivity contribution in [1.29, 1.82) is 0 Å². The third-order valence-electron chi connectivity index (χ3n) is 3.46. The zero-order valence-corrected chi connectivity index (χ0v) is 11.6. The summed E-state index contributed by atoms with van der Waals surface area (Å²) >= 11 is 0. The normalized spacial score (nSPS) is 22.0. The Morgan fingerprint density at radius 2 is 2.48 bits per heavy atom. The van der Waals surface area contributed by atoms with Crippen LogP contribution < -0.4 is 10.9 Å². The lowest BCUT2D eigenvalue weighted by Gasteiger charge is -2.15. The van der Waals surface area contributed by atoms with Crippen LogP contribution in [0.2, 0.25) is 0 Å². The van der Waals surface area contributed by atoms with Gasteiger partial charge in [-0.25, -0.2) is 4.98 Å². The van der Waals surface area contributed by atoms with Crippen molar-refractivity contribution < 1.29 is 14.6 Å². The van der Waals surface area contributed by atoms with Crippen molar-refractivity contribution in [3.05, 3.63) is 16.7 Å². The average molecular weight is 295 g/mol. The van der Waals surface area contributed by atoms with Gasteiger partial charge in [0.1, 0.15) is 13.0 Å². The molecule has 0 saturated carbocycles. The number of rotatable bonds is 5. The minimum atomic E-state index is -0.318. The number of imidazole rings is 1. The molecule has 1 saturated heterocycles. The van der Waals surface area contributed by atoms with Gasteiger partial charge < -0.3 is 19.9 Å². The van der Waals surface area contributed by atoms with E-state index >= 15 is 0 Å². The molecule has 0 aliphatic carbocycles. The Labute approximate surface area is 119 Å². The van der Waals surface area contributed by atoms with Gasteiger partial charge in [0.05, 0.1) is 19.0 Å². The summed E-state index contributed by atoms with van der Waals surface area (Å²) in [5.41, 5.74) is 0.478. The monoisotopic (exact) mass is 295 g/mol. The number of ether oxygens (including phenoxy) is 2. The maximum absolute atomic E-state index is 11.9. The molecule has 1 fully saturated rings. The topological polar surface area (TPSA) is 114 Å². The van der Waals surface area contributed by atoms with E-state index in [2.05, 4.69) is 20.3 Å². The highest BCUT2D eigenvalue weighted by Gasteiger charge is 2.28. The number of hydrogen-bond donors (Lipinski definition) is 3. The predicted molar refractivity (Wildman–Crippen MR) is 73.9 cm³/mol. The number of anilines is 1. The second kappa shape index (κ2) is 5.80. The van der Waals surface area contributed by atoms with Crippen LogP contribution >= 0.6 is 0 Å². The average Bonchev–Trinajstić information content (AvgIpc) is 3.11. The van der Waals surface area contributed by atoms with Gasteiger partial charge in [-0.2, -0.15) is 4.98 Å². The molecule has 0 amide bonds. The van der Waals surface area contributed by atoms with E-state index in [1.165, 1.54) is 0 Å². The van der Waals surface area contributed by atoms with E-state index in [1.807, 2.05) is 0 Å². The second-order valence-electron chi connectivity index (χ2n) is 4.78. The molecule has 0 radical (unpaired) electrons. The van der Waals surface area contributed by atoms with E-state index in [1.54, 1.807) is 17.9 Å². The van der Waals surface area contributed by atoms with Crippen molar-refractivity contribution >= 4 is 17.1 Å². The molecule has 21 heavy (non-hydrogen) atoms. The van der Waals surface area contributed by atoms with Crippen molar-refractivity contribution in [2.75, 3.05) is 25.8 Å². The van der Waals surface area contributed by atoms with E-state index in [-0.39, 0.29) is 30.2 Å². The molecule has 2 unspecified atom stereocenters. The fourth-order valence-corrected chi connectivity index (χ4v) is 2.45. The molecule has 1 aliphatic rings. The number of aromatic nitrogens is 4. The van der Waals surface area contributed by atoms with E-state index in [9.17, 15) is 4.79 Å². The molecule has 9 nitrogen and oxygen atoms in total. The fourth-order valence-electron chi connectivity index (χ4n) is 2.45. The highest BCUT2D eigenvalue weighted by molar-refractivity contribution is 5.70. The molecule has 3 rings (SSSR count). The predicted octanol–water partition coefficient (Wildman–Crippen LogP) is -0.195. The first-order valence-corrected chi connectivity index (χ1v) is 6.71. The molecule has 0 aromatic carbocycles. The van der Waals surface area contributed by atoms with Crippen molar-refractivity contribution in [2.45, 2.75) is 25.2 Å². The summed E-state index contributed by atoms with van der Waals surface area (Å²) in [6.07, 6.45) is 2.83. The SMILES string of the molecule is CNc1nc2c(ncn2C2CCC(COCO)O2)c(=O)[nH]1. The maximum atomic E-state index is 11.9. The molecule has 2 aromatic heterocycles. The summed E-state index contributed by atoms with van der Waals surface area (Å²) < 4.78 is 12.5. The summed E-state index contributed by atoms with van der Waals surface area (Å²) in [5.74, 6) is 0.382. The Kier molecular flexibility index (Phi) is 3.86. The van der Waals surface area contributed by atoms with E-state index in [0.29, 0.717) is 18.2 Å². The van der Waals surface area contributed by atoms with Crippen LogP contribution in [0.15, 0.2) is 11.1 Å². The number of aliphatic hydroxyl groups is 1. The first-order valence-electron chi connectivity index (χ1n) is 6.71. The summed E-state index contributed by atoms with van der Waals surface area (Å²) in [5, 5.41) is 11.5. The number of aromatic amines is 1. The lowest BCUT2D eigenvalue weighted by atomic mass is 10.2. The van der Waals surface area contributed by atoms with Crippen LogP contribution in [0.3, 0.4) is 0 Å². The minimum Gasteiger partial charge on any atom is -0.371 e. The van der Waals surface area contributed by atoms with Crippen LogP contribution in [0.5, 0.6) is 0 Å². The van der Waals surface area contributed by atoms with Gasteiger partial charge in [0.15, 0.2) is 11.2 Å².